The largest absolute Gasteiger partial charge is 0.455 e. The molecular formula is C110H70O2. The van der Waals surface area contributed by atoms with Crippen LogP contribution in [0, 0.1) is 0 Å². The van der Waals surface area contributed by atoms with Gasteiger partial charge in [0.1, 0.15) is 22.3 Å². The van der Waals surface area contributed by atoms with E-state index in [0.717, 1.165) is 55.0 Å². The third-order valence-electron chi connectivity index (χ3n) is 25.8. The molecule has 24 rings (SSSR count). The summed E-state index contributed by atoms with van der Waals surface area (Å²) >= 11 is 0. The van der Waals surface area contributed by atoms with E-state index in [-0.39, 0.29) is 10.8 Å². The van der Waals surface area contributed by atoms with E-state index in [1.165, 1.54) is 197 Å². The van der Waals surface area contributed by atoms with Crippen molar-refractivity contribution in [3.63, 3.8) is 0 Å². The van der Waals surface area contributed by atoms with Gasteiger partial charge >= 0.3 is 0 Å². The van der Waals surface area contributed by atoms with E-state index in [2.05, 4.69) is 380 Å². The predicted molar refractivity (Wildman–Crippen MR) is 474 cm³/mol. The molecule has 0 radical (unpaired) electrons. The Morgan fingerprint density at radius 1 is 0.188 bits per heavy atom. The van der Waals surface area contributed by atoms with Gasteiger partial charge in [-0.15, -0.1) is 0 Å². The van der Waals surface area contributed by atoms with Crippen LogP contribution in [0.5, 0.6) is 0 Å². The minimum absolute atomic E-state index is 0.313. The maximum absolute atomic E-state index is 6.89. The summed E-state index contributed by atoms with van der Waals surface area (Å²) in [5.41, 5.74) is 30.2. The van der Waals surface area contributed by atoms with Gasteiger partial charge in [0.2, 0.25) is 0 Å². The molecule has 2 aliphatic carbocycles. The highest BCUT2D eigenvalue weighted by Crippen LogP contribution is 2.59. The Kier molecular flexibility index (Phi) is 13.1. The van der Waals surface area contributed by atoms with E-state index in [9.17, 15) is 0 Å². The first-order valence-electron chi connectivity index (χ1n) is 39.3. The monoisotopic (exact) mass is 1420 g/mol. The van der Waals surface area contributed by atoms with Gasteiger partial charge in [0.05, 0.1) is 0 Å². The quantitative estimate of drug-likeness (QED) is 0.149. The first-order chi connectivity index (χ1) is 55.1. The van der Waals surface area contributed by atoms with Gasteiger partial charge in [-0.1, -0.05) is 331 Å². The first kappa shape index (κ1) is 63.1. The number of rotatable bonds is 7. The van der Waals surface area contributed by atoms with Gasteiger partial charge in [0.25, 0.3) is 0 Å². The maximum atomic E-state index is 6.89. The Morgan fingerprint density at radius 2 is 0.545 bits per heavy atom. The van der Waals surface area contributed by atoms with E-state index in [4.69, 9.17) is 8.83 Å². The minimum Gasteiger partial charge on any atom is -0.455 e. The lowest BCUT2D eigenvalue weighted by molar-refractivity contribution is 0.657. The molecule has 0 saturated heterocycles. The van der Waals surface area contributed by atoms with Gasteiger partial charge < -0.3 is 8.83 Å². The Labute approximate surface area is 647 Å². The van der Waals surface area contributed by atoms with Crippen LogP contribution in [0.2, 0.25) is 0 Å². The van der Waals surface area contributed by atoms with Gasteiger partial charge in [0.15, 0.2) is 0 Å². The second kappa shape index (κ2) is 23.3. The fraction of sp³-hybridized carbons (Fsp3) is 0.0545. The van der Waals surface area contributed by atoms with Crippen LogP contribution < -0.4 is 0 Å². The highest BCUT2D eigenvalue weighted by molar-refractivity contribution is 6.29. The average molecular weight is 1420 g/mol. The fourth-order valence-electron chi connectivity index (χ4n) is 20.7. The molecule has 0 fully saturated rings. The second-order valence-corrected chi connectivity index (χ2v) is 32.3. The fourth-order valence-corrected chi connectivity index (χ4v) is 20.7. The van der Waals surface area contributed by atoms with Crippen molar-refractivity contribution in [2.45, 2.75) is 38.5 Å². The van der Waals surface area contributed by atoms with Gasteiger partial charge in [-0.05, 0) is 246 Å². The zero-order valence-corrected chi connectivity index (χ0v) is 62.3. The normalized spacial score (nSPS) is 13.5. The molecule has 22 aromatic rings. The third-order valence-corrected chi connectivity index (χ3v) is 25.8. The van der Waals surface area contributed by atoms with Crippen LogP contribution in [-0.4, -0.2) is 0 Å². The third kappa shape index (κ3) is 8.81. The van der Waals surface area contributed by atoms with Crippen LogP contribution in [0.1, 0.15) is 49.9 Å². The molecule has 0 aliphatic heterocycles. The molecule has 2 heteroatoms. The van der Waals surface area contributed by atoms with E-state index >= 15 is 0 Å². The zero-order valence-electron chi connectivity index (χ0n) is 62.3. The molecule has 0 saturated carbocycles. The SMILES string of the molecule is CC1(C)c2cc(-c3c4ccccc4c(-c4ccc(-c5ccccc5)c5ccccc45)c4cc(-c5ccc6c(-c7ccc8c(c7)C(C)(C)c7c-8ccc8oc9c%10ccccc%10ccc9c78)c7ccccc7c(-c7ccc(-c8ccccc8)c8ccccc78)c6c5)ccc34)ccc2-c2c1ccc1oc3c4ccccc4ccc3c21. The van der Waals surface area contributed by atoms with Crippen molar-refractivity contribution in [3.8, 4) is 100 Å². The number of benzene rings is 20. The average Bonchev–Trinajstić information content (AvgIpc) is 1.63. The summed E-state index contributed by atoms with van der Waals surface area (Å²) in [6, 6.07) is 133. The van der Waals surface area contributed by atoms with Crippen molar-refractivity contribution < 1.29 is 8.83 Å². The van der Waals surface area contributed by atoms with Crippen molar-refractivity contribution >= 4 is 130 Å². The van der Waals surface area contributed by atoms with Crippen LogP contribution in [-0.2, 0) is 10.8 Å². The smallest absolute Gasteiger partial charge is 0.143 e. The van der Waals surface area contributed by atoms with E-state index < -0.39 is 0 Å². The second-order valence-electron chi connectivity index (χ2n) is 32.3. The van der Waals surface area contributed by atoms with Crippen LogP contribution in [0.3, 0.4) is 0 Å². The first-order valence-corrected chi connectivity index (χ1v) is 39.3. The van der Waals surface area contributed by atoms with Gasteiger partial charge in [-0.25, -0.2) is 0 Å². The van der Waals surface area contributed by atoms with Crippen molar-refractivity contribution in [1.29, 1.82) is 0 Å². The van der Waals surface area contributed by atoms with Crippen LogP contribution in [0.4, 0.5) is 0 Å². The van der Waals surface area contributed by atoms with Crippen LogP contribution in [0.15, 0.2) is 361 Å². The summed E-state index contributed by atoms with van der Waals surface area (Å²) in [5.74, 6) is 0. The van der Waals surface area contributed by atoms with Crippen molar-refractivity contribution in [3.05, 3.63) is 374 Å². The molecule has 0 unspecified atom stereocenters. The minimum atomic E-state index is -0.361. The Balaban J connectivity index is 0.750. The number of hydrogen-bond donors (Lipinski definition) is 0. The van der Waals surface area contributed by atoms with E-state index in [1.807, 2.05) is 0 Å². The van der Waals surface area contributed by atoms with Crippen LogP contribution in [0.25, 0.3) is 230 Å². The summed E-state index contributed by atoms with van der Waals surface area (Å²) in [6.07, 6.45) is 0. The molecule has 2 aromatic heterocycles. The molecule has 20 aromatic carbocycles. The van der Waals surface area contributed by atoms with Gasteiger partial charge in [0, 0.05) is 43.1 Å². The number of furan rings is 2. The standard InChI is InChI=1S/C110H70O2/c1-109(2)94-56-58-97-104(90-49-39-65-27-11-13-29-73(65)107(90)111-97)103(94)89-48-44-70(62-96(89)109)100-81-36-20-22-38-83(81)102(85-54-52-72(64-25-9-6-10-26-64)76-32-16-18-34-78(76)85)93-60-68(42-47-87(93)100)67-41-46-86-92(59-67)101(84-53-51-71(63-23-7-5-8-24-63)75-31-15-17-33-77(75)84)82-37-21-19-35-80(82)99(86)69-43-45-79-88-55-57-98-105(106(88)110(3,4)95(79)61-69)91-50-40-66-28-12-14-30-74(66)108(91)112-98/h5-62H,1-4H3. The lowest BCUT2D eigenvalue weighted by Gasteiger charge is -2.24. The van der Waals surface area contributed by atoms with Crippen molar-refractivity contribution in [1.82, 2.24) is 0 Å². The molecule has 2 nitrogen and oxygen atoms in total. The molecule has 0 spiro atoms. The summed E-state index contributed by atoms with van der Waals surface area (Å²) in [7, 11) is 0. The lowest BCUT2D eigenvalue weighted by atomic mass is 9.78. The summed E-state index contributed by atoms with van der Waals surface area (Å²) in [4.78, 5) is 0. The van der Waals surface area contributed by atoms with Gasteiger partial charge in [-0.2, -0.15) is 0 Å². The predicted octanol–water partition coefficient (Wildman–Crippen LogP) is 31.0. The summed E-state index contributed by atoms with van der Waals surface area (Å²) < 4.78 is 13.8. The molecule has 0 N–H and O–H groups in total. The van der Waals surface area contributed by atoms with Crippen molar-refractivity contribution in [2.24, 2.45) is 0 Å². The highest BCUT2D eigenvalue weighted by atomic mass is 16.3. The molecule has 2 aliphatic rings. The number of fused-ring (bicyclic) bond motifs is 24. The van der Waals surface area contributed by atoms with E-state index in [1.54, 1.807) is 0 Å². The molecule has 0 amide bonds. The highest BCUT2D eigenvalue weighted by Gasteiger charge is 2.41. The van der Waals surface area contributed by atoms with E-state index in [0.29, 0.717) is 0 Å². The molecule has 112 heavy (non-hydrogen) atoms. The summed E-state index contributed by atoms with van der Waals surface area (Å²) in [6.45, 7) is 9.67. The van der Waals surface area contributed by atoms with Crippen LogP contribution >= 0.6 is 0 Å². The molecule has 0 atom stereocenters. The maximum Gasteiger partial charge on any atom is 0.143 e. The summed E-state index contributed by atoms with van der Waals surface area (Å²) in [5, 5.41) is 23.9. The topological polar surface area (TPSA) is 26.3 Å². The molecule has 522 valence electrons. The Hall–Kier alpha value is -13.9. The number of hydrogen-bond acceptors (Lipinski definition) is 2. The Bertz CT molecular complexity index is 7910. The lowest BCUT2D eigenvalue weighted by Crippen LogP contribution is -2.15. The Morgan fingerprint density at radius 3 is 1.05 bits per heavy atom. The molecule has 0 bridgehead atoms. The van der Waals surface area contributed by atoms with Crippen molar-refractivity contribution in [2.75, 3.05) is 0 Å². The molecule has 2 heterocycles. The van der Waals surface area contributed by atoms with Gasteiger partial charge in [-0.3, -0.25) is 0 Å². The zero-order chi connectivity index (χ0) is 74.0. The molecular weight excluding hydrogens is 1350 g/mol.